The highest BCUT2D eigenvalue weighted by Gasteiger charge is 2.25. The van der Waals surface area contributed by atoms with Crippen molar-refractivity contribution in [2.24, 2.45) is 0 Å². The van der Waals surface area contributed by atoms with E-state index in [1.807, 2.05) is 27.1 Å². The van der Waals surface area contributed by atoms with Crippen molar-refractivity contribution in [1.29, 1.82) is 0 Å². The van der Waals surface area contributed by atoms with Gasteiger partial charge in [0.05, 0.1) is 24.2 Å². The molecular weight excluding hydrogens is 416 g/mol. The Morgan fingerprint density at radius 2 is 2.09 bits per heavy atom. The van der Waals surface area contributed by atoms with Gasteiger partial charge in [-0.3, -0.25) is 14.0 Å². The van der Waals surface area contributed by atoms with Crippen LogP contribution in [-0.2, 0) is 4.79 Å². The molecule has 4 heterocycles. The number of carboxylic acid groups (broad SMARTS) is 1. The Hall–Kier alpha value is -3.80. The van der Waals surface area contributed by atoms with Crippen molar-refractivity contribution in [3.63, 3.8) is 0 Å². The van der Waals surface area contributed by atoms with Gasteiger partial charge >= 0.3 is 0 Å². The van der Waals surface area contributed by atoms with Gasteiger partial charge in [0.25, 0.3) is 12.4 Å². The standard InChI is InChI=1S/C19H24N8O2.CH2O2/c1-4-29-17-15(8-22-19(25-17)26-6-5-13(10-26)20-3)16(28)24-14-7-21-18-23-12(2)9-27(18)11-14;2-1-3/h7-9,11,13,20H,4-6,10H2,1-3H3,(H,24,28);1H,(H,2,3). The largest absolute Gasteiger partial charge is 0.483 e. The van der Waals surface area contributed by atoms with Crippen molar-refractivity contribution in [3.8, 4) is 5.88 Å². The molecule has 1 atom stereocenters. The molecule has 3 aromatic heterocycles. The number of hydrogen-bond acceptors (Lipinski definition) is 9. The Labute approximate surface area is 184 Å². The molecule has 170 valence electrons. The van der Waals surface area contributed by atoms with Crippen molar-refractivity contribution < 1.29 is 19.4 Å². The number of likely N-dealkylation sites (N-methyl/N-ethyl adjacent to an activating group) is 1. The predicted molar refractivity (Wildman–Crippen MR) is 117 cm³/mol. The number of amides is 1. The first-order valence-corrected chi connectivity index (χ1v) is 10.1. The van der Waals surface area contributed by atoms with Gasteiger partial charge in [0.1, 0.15) is 5.56 Å². The van der Waals surface area contributed by atoms with Crippen molar-refractivity contribution in [2.45, 2.75) is 26.3 Å². The normalized spacial score (nSPS) is 15.2. The van der Waals surface area contributed by atoms with Gasteiger partial charge in [-0.25, -0.2) is 15.0 Å². The molecule has 4 rings (SSSR count). The molecule has 0 aliphatic carbocycles. The molecule has 1 aliphatic heterocycles. The van der Waals surface area contributed by atoms with Crippen LogP contribution in [0.5, 0.6) is 5.88 Å². The van der Waals surface area contributed by atoms with E-state index in [0.717, 1.165) is 25.2 Å². The summed E-state index contributed by atoms with van der Waals surface area (Å²) in [6, 6.07) is 0.409. The lowest BCUT2D eigenvalue weighted by molar-refractivity contribution is -0.122. The average molecular weight is 442 g/mol. The second-order valence-corrected chi connectivity index (χ2v) is 7.03. The number of ether oxygens (including phenoxy) is 1. The summed E-state index contributed by atoms with van der Waals surface area (Å²) in [5.41, 5.74) is 1.68. The summed E-state index contributed by atoms with van der Waals surface area (Å²) < 4.78 is 7.40. The zero-order chi connectivity index (χ0) is 23.1. The smallest absolute Gasteiger partial charge is 0.290 e. The lowest BCUT2D eigenvalue weighted by Crippen LogP contribution is -2.30. The third-order valence-corrected chi connectivity index (χ3v) is 4.83. The van der Waals surface area contributed by atoms with Crippen LogP contribution in [0.1, 0.15) is 29.4 Å². The number of carbonyl (C=O) groups is 2. The molecule has 0 radical (unpaired) electrons. The van der Waals surface area contributed by atoms with E-state index in [2.05, 4.69) is 35.5 Å². The zero-order valence-electron chi connectivity index (χ0n) is 18.1. The molecular formula is C20H26N8O4. The van der Waals surface area contributed by atoms with Gasteiger partial charge in [-0.05, 0) is 27.3 Å². The third-order valence-electron chi connectivity index (χ3n) is 4.83. The molecule has 0 aromatic carbocycles. The highest BCUT2D eigenvalue weighted by Crippen LogP contribution is 2.23. The summed E-state index contributed by atoms with van der Waals surface area (Å²) in [6.07, 6.45) is 7.71. The maximum Gasteiger partial charge on any atom is 0.290 e. The quantitative estimate of drug-likeness (QED) is 0.472. The average Bonchev–Trinajstić information content (AvgIpc) is 3.40. The Morgan fingerprint density at radius 1 is 1.31 bits per heavy atom. The van der Waals surface area contributed by atoms with E-state index in [1.165, 1.54) is 6.20 Å². The molecule has 0 bridgehead atoms. The number of hydrogen-bond donors (Lipinski definition) is 3. The maximum absolute atomic E-state index is 12.8. The number of carbonyl (C=O) groups excluding carboxylic acids is 1. The van der Waals surface area contributed by atoms with Crippen LogP contribution in [0.25, 0.3) is 5.78 Å². The lowest BCUT2D eigenvalue weighted by Gasteiger charge is -2.18. The first kappa shape index (κ1) is 22.9. The lowest BCUT2D eigenvalue weighted by atomic mass is 10.3. The summed E-state index contributed by atoms with van der Waals surface area (Å²) in [4.78, 5) is 40.7. The van der Waals surface area contributed by atoms with Crippen molar-refractivity contribution in [3.05, 3.63) is 36.0 Å². The Bertz CT molecular complexity index is 1090. The molecule has 12 nitrogen and oxygen atoms in total. The summed E-state index contributed by atoms with van der Waals surface area (Å²) >= 11 is 0. The van der Waals surface area contributed by atoms with Gasteiger partial charge in [0.15, 0.2) is 0 Å². The first-order valence-electron chi connectivity index (χ1n) is 10.1. The highest BCUT2D eigenvalue weighted by molar-refractivity contribution is 6.05. The summed E-state index contributed by atoms with van der Waals surface area (Å²) in [5.74, 6) is 1.07. The van der Waals surface area contributed by atoms with Crippen LogP contribution in [0.4, 0.5) is 11.6 Å². The van der Waals surface area contributed by atoms with Crippen LogP contribution in [0.3, 0.4) is 0 Å². The van der Waals surface area contributed by atoms with Crippen LogP contribution >= 0.6 is 0 Å². The Kier molecular flexibility index (Phi) is 7.49. The second kappa shape index (κ2) is 10.5. The van der Waals surface area contributed by atoms with Gasteiger partial charge in [-0.1, -0.05) is 0 Å². The van der Waals surface area contributed by atoms with Gasteiger partial charge in [0, 0.05) is 37.7 Å². The predicted octanol–water partition coefficient (Wildman–Crippen LogP) is 0.978. The molecule has 12 heteroatoms. The van der Waals surface area contributed by atoms with Crippen molar-refractivity contribution >= 4 is 29.8 Å². The summed E-state index contributed by atoms with van der Waals surface area (Å²) in [6.45, 7) is 5.58. The number of nitrogens with one attached hydrogen (secondary N) is 2. The molecule has 1 aliphatic rings. The van der Waals surface area contributed by atoms with E-state index in [-0.39, 0.29) is 23.8 Å². The number of nitrogens with zero attached hydrogens (tertiary/aromatic N) is 6. The molecule has 3 aromatic rings. The maximum atomic E-state index is 12.8. The van der Waals surface area contributed by atoms with Gasteiger partial charge in [0.2, 0.25) is 17.6 Å². The van der Waals surface area contributed by atoms with Gasteiger partial charge < -0.3 is 25.4 Å². The van der Waals surface area contributed by atoms with E-state index in [4.69, 9.17) is 14.6 Å². The molecule has 0 saturated carbocycles. The third kappa shape index (κ3) is 5.27. The van der Waals surface area contributed by atoms with Crippen LogP contribution in [0.2, 0.25) is 0 Å². The number of aromatic nitrogens is 5. The van der Waals surface area contributed by atoms with E-state index in [0.29, 0.717) is 30.1 Å². The Balaban J connectivity index is 0.000000913. The summed E-state index contributed by atoms with van der Waals surface area (Å²) in [5, 5.41) is 13.0. The highest BCUT2D eigenvalue weighted by atomic mass is 16.5. The Morgan fingerprint density at radius 3 is 2.78 bits per heavy atom. The zero-order valence-corrected chi connectivity index (χ0v) is 18.1. The van der Waals surface area contributed by atoms with E-state index in [1.54, 1.807) is 16.8 Å². The molecule has 1 amide bonds. The summed E-state index contributed by atoms with van der Waals surface area (Å²) in [7, 11) is 1.95. The molecule has 1 unspecified atom stereocenters. The molecule has 1 fully saturated rings. The van der Waals surface area contributed by atoms with E-state index < -0.39 is 0 Å². The number of rotatable bonds is 6. The van der Waals surface area contributed by atoms with Gasteiger partial charge in [-0.2, -0.15) is 4.98 Å². The second-order valence-electron chi connectivity index (χ2n) is 7.03. The minimum absolute atomic E-state index is 0.250. The number of aryl methyl sites for hydroxylation is 1. The monoisotopic (exact) mass is 442 g/mol. The van der Waals surface area contributed by atoms with Crippen molar-refractivity contribution in [1.82, 2.24) is 29.7 Å². The SMILES string of the molecule is CCOc1nc(N2CCC(NC)C2)ncc1C(=O)Nc1cnc2nc(C)cn2c1.O=CO. The van der Waals surface area contributed by atoms with Crippen LogP contribution in [0.15, 0.2) is 24.8 Å². The first-order chi connectivity index (χ1) is 15.5. The number of imidazole rings is 1. The fourth-order valence-corrected chi connectivity index (χ4v) is 3.36. The molecule has 1 saturated heterocycles. The van der Waals surface area contributed by atoms with E-state index in [9.17, 15) is 4.79 Å². The molecule has 32 heavy (non-hydrogen) atoms. The number of fused-ring (bicyclic) bond motifs is 1. The minimum atomic E-state index is -0.354. The topological polar surface area (TPSA) is 147 Å². The fraction of sp³-hybridized carbons (Fsp3) is 0.400. The van der Waals surface area contributed by atoms with Crippen LogP contribution in [-0.4, -0.2) is 74.6 Å². The fourth-order valence-electron chi connectivity index (χ4n) is 3.36. The number of anilines is 2. The molecule has 0 spiro atoms. The van der Waals surface area contributed by atoms with Crippen molar-refractivity contribution in [2.75, 3.05) is 37.0 Å². The molecule has 3 N–H and O–H groups in total. The van der Waals surface area contributed by atoms with Crippen LogP contribution < -0.4 is 20.3 Å². The van der Waals surface area contributed by atoms with Crippen LogP contribution in [0, 0.1) is 6.92 Å². The minimum Gasteiger partial charge on any atom is -0.483 e. The van der Waals surface area contributed by atoms with Gasteiger partial charge in [-0.15, -0.1) is 0 Å². The van der Waals surface area contributed by atoms with E-state index >= 15 is 0 Å².